The fraction of sp³-hybridized carbons (Fsp3) is 0.429. The number of carbonyl (C=O) groups is 2. The van der Waals surface area contributed by atoms with E-state index in [0.717, 1.165) is 0 Å². The van der Waals surface area contributed by atoms with Crippen LogP contribution in [0, 0.1) is 13.8 Å². The van der Waals surface area contributed by atoms with E-state index < -0.39 is 11.7 Å². The van der Waals surface area contributed by atoms with Gasteiger partial charge in [-0.2, -0.15) is 0 Å². The zero-order valence-electron chi connectivity index (χ0n) is 20.0. The SMILES string of the molecule is CCOC(=O)Cn1cnc2c(Cl)nc(C)nc21.Cc1nc(Cl)c2ncn(C(=O)OC(C)(C)C)c2n1. The molecule has 0 aromatic carbocycles. The predicted molar refractivity (Wildman–Crippen MR) is 128 cm³/mol. The van der Waals surface area contributed by atoms with Gasteiger partial charge in [-0.05, 0) is 41.5 Å². The second kappa shape index (κ2) is 10.5. The van der Waals surface area contributed by atoms with Crippen molar-refractivity contribution in [2.75, 3.05) is 6.61 Å². The van der Waals surface area contributed by atoms with Crippen LogP contribution >= 0.6 is 23.2 Å². The van der Waals surface area contributed by atoms with E-state index >= 15 is 0 Å². The summed E-state index contributed by atoms with van der Waals surface area (Å²) in [7, 11) is 0. The summed E-state index contributed by atoms with van der Waals surface area (Å²) in [5, 5.41) is 0.509. The number of imidazole rings is 2. The van der Waals surface area contributed by atoms with Gasteiger partial charge < -0.3 is 14.0 Å². The molecule has 14 heteroatoms. The van der Waals surface area contributed by atoms with E-state index in [1.54, 1.807) is 46.1 Å². The molecule has 0 N–H and O–H groups in total. The Morgan fingerprint density at radius 3 is 2.03 bits per heavy atom. The fourth-order valence-corrected chi connectivity index (χ4v) is 3.40. The smallest absolute Gasteiger partial charge is 0.421 e. The Kier molecular flexibility index (Phi) is 7.86. The number of halogens is 2. The summed E-state index contributed by atoms with van der Waals surface area (Å²) in [6.45, 7) is 11.0. The van der Waals surface area contributed by atoms with Crippen LogP contribution < -0.4 is 0 Å². The number of aryl methyl sites for hydroxylation is 2. The van der Waals surface area contributed by atoms with Crippen molar-refractivity contribution in [1.82, 2.24) is 39.0 Å². The average molecular weight is 523 g/mol. The molecule has 186 valence electrons. The normalized spacial score (nSPS) is 11.3. The number of nitrogens with zero attached hydrogens (tertiary/aromatic N) is 8. The third kappa shape index (κ3) is 6.40. The van der Waals surface area contributed by atoms with Crippen molar-refractivity contribution in [3.8, 4) is 0 Å². The summed E-state index contributed by atoms with van der Waals surface area (Å²) < 4.78 is 12.9. The van der Waals surface area contributed by atoms with Crippen LogP contribution in [-0.2, 0) is 20.8 Å². The van der Waals surface area contributed by atoms with E-state index in [-0.39, 0.29) is 22.8 Å². The number of carbonyl (C=O) groups excluding carboxylic acids is 2. The number of esters is 1. The maximum atomic E-state index is 12.0. The summed E-state index contributed by atoms with van der Waals surface area (Å²) in [6, 6.07) is 0. The molecular formula is C21H24Cl2N8O4. The lowest BCUT2D eigenvalue weighted by Gasteiger charge is -2.19. The highest BCUT2D eigenvalue weighted by molar-refractivity contribution is 6.33. The minimum absolute atomic E-state index is 0.0666. The summed E-state index contributed by atoms with van der Waals surface area (Å²) >= 11 is 11.9. The van der Waals surface area contributed by atoms with Crippen molar-refractivity contribution < 1.29 is 19.1 Å². The average Bonchev–Trinajstić information content (AvgIpc) is 3.32. The lowest BCUT2D eigenvalue weighted by molar-refractivity contribution is -0.143. The van der Waals surface area contributed by atoms with Gasteiger partial charge in [0.25, 0.3) is 0 Å². The van der Waals surface area contributed by atoms with Crippen LogP contribution in [0.4, 0.5) is 4.79 Å². The maximum absolute atomic E-state index is 12.0. The molecule has 0 aliphatic carbocycles. The van der Waals surface area contributed by atoms with Crippen molar-refractivity contribution in [1.29, 1.82) is 0 Å². The second-order valence-electron chi connectivity index (χ2n) is 8.24. The Morgan fingerprint density at radius 2 is 1.46 bits per heavy atom. The summed E-state index contributed by atoms with van der Waals surface area (Å²) in [4.78, 5) is 47.7. The van der Waals surface area contributed by atoms with E-state index in [1.807, 2.05) is 0 Å². The Labute approximate surface area is 210 Å². The van der Waals surface area contributed by atoms with E-state index in [1.165, 1.54) is 17.2 Å². The van der Waals surface area contributed by atoms with Crippen molar-refractivity contribution in [3.63, 3.8) is 0 Å². The van der Waals surface area contributed by atoms with E-state index in [4.69, 9.17) is 32.7 Å². The molecule has 0 aliphatic heterocycles. The molecule has 0 spiro atoms. The van der Waals surface area contributed by atoms with Crippen molar-refractivity contribution >= 4 is 57.6 Å². The van der Waals surface area contributed by atoms with Crippen LogP contribution in [0.3, 0.4) is 0 Å². The molecule has 12 nitrogen and oxygen atoms in total. The van der Waals surface area contributed by atoms with Gasteiger partial charge in [-0.3, -0.25) is 4.79 Å². The molecule has 0 unspecified atom stereocenters. The van der Waals surface area contributed by atoms with Crippen LogP contribution in [0.1, 0.15) is 39.3 Å². The Hall–Kier alpha value is -3.38. The first kappa shape index (κ1) is 26.2. The molecule has 0 aliphatic rings. The van der Waals surface area contributed by atoms with E-state index in [2.05, 4.69) is 29.9 Å². The molecule has 0 radical (unpaired) electrons. The van der Waals surface area contributed by atoms with Crippen LogP contribution in [0.25, 0.3) is 22.3 Å². The molecule has 4 aromatic heterocycles. The second-order valence-corrected chi connectivity index (χ2v) is 8.96. The highest BCUT2D eigenvalue weighted by Gasteiger charge is 2.21. The molecule has 0 saturated carbocycles. The quantitative estimate of drug-likeness (QED) is 0.287. The van der Waals surface area contributed by atoms with Crippen molar-refractivity contribution in [3.05, 3.63) is 34.6 Å². The number of fused-ring (bicyclic) bond motifs is 2. The van der Waals surface area contributed by atoms with Crippen molar-refractivity contribution in [2.45, 2.75) is 53.7 Å². The van der Waals surface area contributed by atoms with E-state index in [9.17, 15) is 9.59 Å². The molecule has 4 rings (SSSR count). The predicted octanol–water partition coefficient (Wildman–Crippen LogP) is 3.92. The number of ether oxygens (including phenoxy) is 2. The number of rotatable bonds is 3. The summed E-state index contributed by atoms with van der Waals surface area (Å²) in [5.41, 5.74) is 1.17. The zero-order valence-corrected chi connectivity index (χ0v) is 21.5. The number of aromatic nitrogens is 8. The van der Waals surface area contributed by atoms with Crippen LogP contribution in [0.2, 0.25) is 10.3 Å². The molecule has 0 atom stereocenters. The van der Waals surface area contributed by atoms with Gasteiger partial charge in [-0.25, -0.2) is 39.3 Å². The van der Waals surface area contributed by atoms with E-state index in [0.29, 0.717) is 40.6 Å². The molecule has 0 saturated heterocycles. The summed E-state index contributed by atoms with van der Waals surface area (Å²) in [6.07, 6.45) is 2.29. The number of hydrogen-bond acceptors (Lipinski definition) is 10. The molecule has 4 aromatic rings. The first-order valence-corrected chi connectivity index (χ1v) is 11.3. The van der Waals surface area contributed by atoms with Gasteiger partial charge in [0.2, 0.25) is 0 Å². The topological polar surface area (TPSA) is 140 Å². The van der Waals surface area contributed by atoms with Gasteiger partial charge in [-0.15, -0.1) is 0 Å². The van der Waals surface area contributed by atoms with Gasteiger partial charge in [0.15, 0.2) is 21.6 Å². The highest BCUT2D eigenvalue weighted by atomic mass is 35.5. The van der Waals surface area contributed by atoms with Crippen molar-refractivity contribution in [2.24, 2.45) is 0 Å². The van der Waals surface area contributed by atoms with Gasteiger partial charge >= 0.3 is 12.1 Å². The van der Waals surface area contributed by atoms with Gasteiger partial charge in [0, 0.05) is 0 Å². The first-order chi connectivity index (χ1) is 16.4. The Morgan fingerprint density at radius 1 is 0.914 bits per heavy atom. The lowest BCUT2D eigenvalue weighted by atomic mass is 10.2. The monoisotopic (exact) mass is 522 g/mol. The van der Waals surface area contributed by atoms with Crippen LogP contribution in [-0.4, -0.2) is 63.3 Å². The largest absolute Gasteiger partial charge is 0.465 e. The minimum Gasteiger partial charge on any atom is -0.465 e. The van der Waals surface area contributed by atoms with Gasteiger partial charge in [0.1, 0.15) is 41.2 Å². The Balaban J connectivity index is 0.000000196. The Bertz CT molecular complexity index is 1390. The standard InChI is InChI=1S/C11H13ClN4O2.C10H11ClN4O2/c1-6-14-8(12)7-9(15-6)16(5-13-7)10(17)18-11(2,3)4;1-3-17-7(16)4-15-5-12-8-9(11)13-6(2)14-10(8)15/h5H,1-4H3;5H,3-4H2,1-2H3. The number of hydrogen-bond donors (Lipinski definition) is 0. The molecule has 35 heavy (non-hydrogen) atoms. The third-order valence-electron chi connectivity index (χ3n) is 4.19. The third-order valence-corrected chi connectivity index (χ3v) is 4.72. The maximum Gasteiger partial charge on any atom is 0.421 e. The molecule has 0 bridgehead atoms. The fourth-order valence-electron chi connectivity index (χ4n) is 2.89. The van der Waals surface area contributed by atoms with Gasteiger partial charge in [0.05, 0.1) is 12.9 Å². The zero-order chi connectivity index (χ0) is 25.9. The lowest BCUT2D eigenvalue weighted by Crippen LogP contribution is -2.27. The first-order valence-electron chi connectivity index (χ1n) is 10.5. The van der Waals surface area contributed by atoms with Gasteiger partial charge in [-0.1, -0.05) is 23.2 Å². The highest BCUT2D eigenvalue weighted by Crippen LogP contribution is 2.20. The molecular weight excluding hydrogens is 499 g/mol. The minimum atomic E-state index is -0.584. The van der Waals surface area contributed by atoms with Crippen LogP contribution in [0.5, 0.6) is 0 Å². The molecule has 4 heterocycles. The molecule has 0 amide bonds. The summed E-state index contributed by atoms with van der Waals surface area (Å²) in [5.74, 6) is 0.671. The van der Waals surface area contributed by atoms with Crippen LogP contribution in [0.15, 0.2) is 12.7 Å². The molecule has 0 fully saturated rings.